The molecule has 2 rings (SSSR count). The van der Waals surface area contributed by atoms with Crippen molar-refractivity contribution in [3.8, 4) is 0 Å². The first-order valence-corrected chi connectivity index (χ1v) is 4.72. The van der Waals surface area contributed by atoms with Crippen LogP contribution in [-0.2, 0) is 0 Å². The van der Waals surface area contributed by atoms with Gasteiger partial charge in [0, 0.05) is 25.2 Å². The number of rotatable bonds is 1. The summed E-state index contributed by atoms with van der Waals surface area (Å²) in [6.07, 6.45) is 8.82. The van der Waals surface area contributed by atoms with Crippen LogP contribution in [0.1, 0.15) is 6.92 Å². The molecule has 2 N–H and O–H groups in total. The van der Waals surface area contributed by atoms with Gasteiger partial charge in [-0.2, -0.15) is 0 Å². The van der Waals surface area contributed by atoms with Crippen molar-refractivity contribution in [1.82, 2.24) is 4.90 Å². The number of fused-ring (bicyclic) bond motifs is 1. The monoisotopic (exact) mass is 176 g/mol. The van der Waals surface area contributed by atoms with Crippen LogP contribution in [0, 0.1) is 5.92 Å². The molecule has 70 valence electrons. The number of hydrogen-bond donors (Lipinski definition) is 1. The van der Waals surface area contributed by atoms with Gasteiger partial charge >= 0.3 is 0 Å². The summed E-state index contributed by atoms with van der Waals surface area (Å²) in [5.41, 5.74) is 8.40. The van der Waals surface area contributed by atoms with Crippen LogP contribution in [0.4, 0.5) is 0 Å². The number of likely N-dealkylation sites (N-methyl/N-ethyl adjacent to an activating group) is 1. The smallest absolute Gasteiger partial charge is 0.0609 e. The summed E-state index contributed by atoms with van der Waals surface area (Å²) in [4.78, 5) is 2.31. The summed E-state index contributed by atoms with van der Waals surface area (Å²) in [6.45, 7) is 2.82. The molecule has 0 saturated heterocycles. The third-order valence-electron chi connectivity index (χ3n) is 3.03. The van der Waals surface area contributed by atoms with E-state index in [2.05, 4.69) is 43.2 Å². The van der Waals surface area contributed by atoms with Gasteiger partial charge in [-0.05, 0) is 12.5 Å². The highest BCUT2D eigenvalue weighted by atomic mass is 15.2. The van der Waals surface area contributed by atoms with Gasteiger partial charge in [0.1, 0.15) is 0 Å². The molecule has 0 spiro atoms. The first-order valence-electron chi connectivity index (χ1n) is 4.72. The number of hydrogen-bond acceptors (Lipinski definition) is 2. The van der Waals surface area contributed by atoms with E-state index in [4.69, 9.17) is 5.73 Å². The minimum absolute atomic E-state index is 0.481. The fourth-order valence-corrected chi connectivity index (χ4v) is 2.22. The van der Waals surface area contributed by atoms with E-state index < -0.39 is 0 Å². The highest BCUT2D eigenvalue weighted by molar-refractivity contribution is 5.35. The zero-order valence-electron chi connectivity index (χ0n) is 8.20. The first-order chi connectivity index (χ1) is 6.24. The van der Waals surface area contributed by atoms with E-state index in [0.717, 1.165) is 0 Å². The second kappa shape index (κ2) is 3.04. The predicted octanol–water partition coefficient (Wildman–Crippen LogP) is 1.28. The molecule has 0 amide bonds. The van der Waals surface area contributed by atoms with Crippen molar-refractivity contribution in [3.63, 3.8) is 0 Å². The predicted molar refractivity (Wildman–Crippen MR) is 55.1 cm³/mol. The molecule has 1 heterocycles. The molecule has 2 unspecified atom stereocenters. The maximum Gasteiger partial charge on any atom is 0.0609 e. The molecule has 0 aromatic rings. The van der Waals surface area contributed by atoms with Crippen molar-refractivity contribution in [3.05, 3.63) is 35.6 Å². The van der Waals surface area contributed by atoms with Gasteiger partial charge in [-0.25, -0.2) is 0 Å². The maximum absolute atomic E-state index is 5.71. The summed E-state index contributed by atoms with van der Waals surface area (Å²) in [7, 11) is 2.14. The molecule has 0 saturated carbocycles. The molecule has 2 heteroatoms. The van der Waals surface area contributed by atoms with Crippen molar-refractivity contribution in [2.24, 2.45) is 11.7 Å². The van der Waals surface area contributed by atoms with Crippen LogP contribution in [0.2, 0.25) is 0 Å². The standard InChI is InChI=1S/C11H16N2/c1-8-6-9-4-3-5-10(7-12)11(9)13(8)2/h3-6,9,11H,7,12H2,1-2H3. The van der Waals surface area contributed by atoms with Crippen molar-refractivity contribution in [2.45, 2.75) is 13.0 Å². The lowest BCUT2D eigenvalue weighted by atomic mass is 9.90. The first kappa shape index (κ1) is 8.57. The number of nitrogens with zero attached hydrogens (tertiary/aromatic N) is 1. The molecule has 0 aromatic heterocycles. The second-order valence-electron chi connectivity index (χ2n) is 3.77. The fourth-order valence-electron chi connectivity index (χ4n) is 2.22. The maximum atomic E-state index is 5.71. The van der Waals surface area contributed by atoms with Gasteiger partial charge < -0.3 is 10.6 Å². The molecule has 0 aromatic carbocycles. The Morgan fingerprint density at radius 2 is 2.31 bits per heavy atom. The lowest BCUT2D eigenvalue weighted by Gasteiger charge is -2.30. The van der Waals surface area contributed by atoms with Crippen LogP contribution in [0.3, 0.4) is 0 Å². The lowest BCUT2D eigenvalue weighted by molar-refractivity contribution is 0.339. The lowest BCUT2D eigenvalue weighted by Crippen LogP contribution is -2.35. The summed E-state index contributed by atoms with van der Waals surface area (Å²) < 4.78 is 0. The third kappa shape index (κ3) is 1.22. The topological polar surface area (TPSA) is 29.3 Å². The van der Waals surface area contributed by atoms with Crippen LogP contribution < -0.4 is 5.73 Å². The minimum Gasteiger partial charge on any atom is -0.371 e. The molecule has 1 aliphatic heterocycles. The highest BCUT2D eigenvalue weighted by Gasteiger charge is 2.31. The van der Waals surface area contributed by atoms with Gasteiger partial charge in [-0.1, -0.05) is 24.3 Å². The van der Waals surface area contributed by atoms with Crippen molar-refractivity contribution in [2.75, 3.05) is 13.6 Å². The molecule has 0 bridgehead atoms. The van der Waals surface area contributed by atoms with E-state index in [9.17, 15) is 0 Å². The van der Waals surface area contributed by atoms with Crippen LogP contribution in [0.15, 0.2) is 35.6 Å². The Bertz CT molecular complexity index is 299. The molecule has 13 heavy (non-hydrogen) atoms. The second-order valence-corrected chi connectivity index (χ2v) is 3.77. The molecule has 2 atom stereocenters. The summed E-state index contributed by atoms with van der Waals surface area (Å²) >= 11 is 0. The number of nitrogens with two attached hydrogens (primary N) is 1. The van der Waals surface area contributed by atoms with Crippen molar-refractivity contribution in [1.29, 1.82) is 0 Å². The molecule has 2 nitrogen and oxygen atoms in total. The van der Waals surface area contributed by atoms with Crippen molar-refractivity contribution >= 4 is 0 Å². The molecular weight excluding hydrogens is 160 g/mol. The summed E-state index contributed by atoms with van der Waals surface area (Å²) in [6, 6.07) is 0.481. The van der Waals surface area contributed by atoms with E-state index in [1.165, 1.54) is 11.3 Å². The zero-order valence-corrected chi connectivity index (χ0v) is 8.20. The molecule has 0 radical (unpaired) electrons. The highest BCUT2D eigenvalue weighted by Crippen LogP contribution is 2.33. The van der Waals surface area contributed by atoms with Crippen LogP contribution in [-0.4, -0.2) is 24.5 Å². The van der Waals surface area contributed by atoms with Gasteiger partial charge in [0.2, 0.25) is 0 Å². The van der Waals surface area contributed by atoms with Crippen LogP contribution in [0.25, 0.3) is 0 Å². The Morgan fingerprint density at radius 3 is 3.00 bits per heavy atom. The number of allylic oxidation sites excluding steroid dienone is 3. The minimum atomic E-state index is 0.481. The van der Waals surface area contributed by atoms with Crippen LogP contribution >= 0.6 is 0 Å². The van der Waals surface area contributed by atoms with Crippen molar-refractivity contribution < 1.29 is 0 Å². The normalized spacial score (nSPS) is 31.5. The average molecular weight is 176 g/mol. The SMILES string of the molecule is CC1=CC2C=CC=C(CN)C2N1C. The van der Waals surface area contributed by atoms with Gasteiger partial charge in [0.25, 0.3) is 0 Å². The van der Waals surface area contributed by atoms with Gasteiger partial charge in [0.05, 0.1) is 6.04 Å². The Labute approximate surface area is 79.4 Å². The van der Waals surface area contributed by atoms with E-state index in [1.807, 2.05) is 0 Å². The third-order valence-corrected chi connectivity index (χ3v) is 3.03. The van der Waals surface area contributed by atoms with Crippen LogP contribution in [0.5, 0.6) is 0 Å². The molecular formula is C11H16N2. The largest absolute Gasteiger partial charge is 0.371 e. The summed E-state index contributed by atoms with van der Waals surface area (Å²) in [5.74, 6) is 0.536. The quantitative estimate of drug-likeness (QED) is 0.652. The van der Waals surface area contributed by atoms with Gasteiger partial charge in [-0.15, -0.1) is 0 Å². The van der Waals surface area contributed by atoms with E-state index in [0.29, 0.717) is 18.5 Å². The Kier molecular flexibility index (Phi) is 2.00. The summed E-state index contributed by atoms with van der Waals surface area (Å²) in [5, 5.41) is 0. The molecule has 0 fully saturated rings. The molecule has 1 aliphatic carbocycles. The van der Waals surface area contributed by atoms with Gasteiger partial charge in [0.15, 0.2) is 0 Å². The van der Waals surface area contributed by atoms with Gasteiger partial charge in [-0.3, -0.25) is 0 Å². The van der Waals surface area contributed by atoms with E-state index in [1.54, 1.807) is 0 Å². The molecule has 2 aliphatic rings. The Hall–Kier alpha value is -1.02. The van der Waals surface area contributed by atoms with E-state index >= 15 is 0 Å². The Morgan fingerprint density at radius 1 is 1.54 bits per heavy atom. The Balaban J connectivity index is 2.31. The average Bonchev–Trinajstić information content (AvgIpc) is 2.43. The van der Waals surface area contributed by atoms with E-state index in [-0.39, 0.29) is 0 Å². The zero-order chi connectivity index (χ0) is 9.42. The fraction of sp³-hybridized carbons (Fsp3) is 0.455.